The van der Waals surface area contributed by atoms with E-state index < -0.39 is 0 Å². The van der Waals surface area contributed by atoms with Crippen molar-refractivity contribution in [1.82, 2.24) is 0 Å². The molecule has 2 fully saturated rings. The van der Waals surface area contributed by atoms with Gasteiger partial charge in [-0.1, -0.05) is 27.5 Å². The molecule has 3 heteroatoms. The van der Waals surface area contributed by atoms with Crippen LogP contribution in [0.2, 0.25) is 5.02 Å². The Bertz CT molecular complexity index is 450. The maximum Gasteiger partial charge on any atom is 0.122 e. The first kappa shape index (κ1) is 12.8. The maximum atomic E-state index is 6.12. The van der Waals surface area contributed by atoms with Crippen molar-refractivity contribution in [2.75, 3.05) is 12.4 Å². The Morgan fingerprint density at radius 1 is 1.39 bits per heavy atom. The molecule has 2 atom stereocenters. The van der Waals surface area contributed by atoms with Crippen LogP contribution in [0.15, 0.2) is 18.2 Å². The molecule has 2 aliphatic carbocycles. The van der Waals surface area contributed by atoms with Crippen LogP contribution in [0.1, 0.15) is 24.8 Å². The summed E-state index contributed by atoms with van der Waals surface area (Å²) in [7, 11) is 1.74. The summed E-state index contributed by atoms with van der Waals surface area (Å²) >= 11 is 9.85. The molecule has 1 nitrogen and oxygen atoms in total. The van der Waals surface area contributed by atoms with Crippen LogP contribution in [0.5, 0.6) is 5.75 Å². The zero-order valence-electron chi connectivity index (χ0n) is 10.6. The third-order valence-electron chi connectivity index (χ3n) is 4.55. The van der Waals surface area contributed by atoms with Crippen LogP contribution in [0.3, 0.4) is 0 Å². The fourth-order valence-corrected chi connectivity index (χ4v) is 4.45. The Morgan fingerprint density at radius 3 is 2.72 bits per heavy atom. The number of hydrogen-bond acceptors (Lipinski definition) is 1. The average Bonchev–Trinajstić information content (AvgIpc) is 2.98. The summed E-state index contributed by atoms with van der Waals surface area (Å²) in [6.07, 6.45) is 5.26. The van der Waals surface area contributed by atoms with E-state index in [1.54, 1.807) is 7.11 Å². The van der Waals surface area contributed by atoms with E-state index in [1.807, 2.05) is 12.1 Å². The predicted molar refractivity (Wildman–Crippen MR) is 78.8 cm³/mol. The second kappa shape index (κ2) is 4.72. The lowest BCUT2D eigenvalue weighted by atomic mass is 9.79. The lowest BCUT2D eigenvalue weighted by Gasteiger charge is -2.29. The standard InChI is InChI=1S/C15H18BrClO/c1-18-14-3-2-13(17)5-12(14)8-15(9-16)6-10-4-11(10)7-15/h2-3,5,10-11H,4,6-9H2,1H3. The quantitative estimate of drug-likeness (QED) is 0.727. The molecule has 0 saturated heterocycles. The second-order valence-electron chi connectivity index (χ2n) is 5.93. The molecule has 18 heavy (non-hydrogen) atoms. The van der Waals surface area contributed by atoms with Crippen LogP contribution in [0, 0.1) is 17.3 Å². The van der Waals surface area contributed by atoms with Crippen molar-refractivity contribution in [2.24, 2.45) is 17.3 Å². The summed E-state index contributed by atoms with van der Waals surface area (Å²) in [6.45, 7) is 0. The van der Waals surface area contributed by atoms with Gasteiger partial charge in [-0.05, 0) is 66.7 Å². The van der Waals surface area contributed by atoms with Crippen molar-refractivity contribution in [3.8, 4) is 5.75 Å². The zero-order chi connectivity index (χ0) is 12.8. The molecule has 0 amide bonds. The number of hydrogen-bond donors (Lipinski definition) is 0. The summed E-state index contributed by atoms with van der Waals surface area (Å²) in [5.41, 5.74) is 1.68. The normalized spacial score (nSPS) is 33.3. The van der Waals surface area contributed by atoms with Crippen molar-refractivity contribution in [3.63, 3.8) is 0 Å². The topological polar surface area (TPSA) is 9.23 Å². The number of benzene rings is 1. The van der Waals surface area contributed by atoms with Gasteiger partial charge in [-0.25, -0.2) is 0 Å². The van der Waals surface area contributed by atoms with Gasteiger partial charge >= 0.3 is 0 Å². The highest BCUT2D eigenvalue weighted by Crippen LogP contribution is 2.61. The Morgan fingerprint density at radius 2 is 2.11 bits per heavy atom. The molecule has 0 N–H and O–H groups in total. The summed E-state index contributed by atoms with van der Waals surface area (Å²) in [4.78, 5) is 0. The minimum absolute atomic E-state index is 0.422. The van der Waals surface area contributed by atoms with E-state index in [4.69, 9.17) is 16.3 Å². The van der Waals surface area contributed by atoms with Gasteiger partial charge in [0.05, 0.1) is 7.11 Å². The lowest BCUT2D eigenvalue weighted by Crippen LogP contribution is -2.24. The van der Waals surface area contributed by atoms with E-state index in [9.17, 15) is 0 Å². The van der Waals surface area contributed by atoms with Crippen molar-refractivity contribution < 1.29 is 4.74 Å². The molecule has 3 rings (SSSR count). The van der Waals surface area contributed by atoms with Crippen molar-refractivity contribution >= 4 is 27.5 Å². The van der Waals surface area contributed by atoms with E-state index in [2.05, 4.69) is 22.0 Å². The van der Waals surface area contributed by atoms with Gasteiger partial charge in [0, 0.05) is 10.4 Å². The number of methoxy groups -OCH3 is 1. The molecule has 0 bridgehead atoms. The van der Waals surface area contributed by atoms with E-state index in [1.165, 1.54) is 24.8 Å². The Balaban J connectivity index is 1.84. The van der Waals surface area contributed by atoms with Gasteiger partial charge in [0.25, 0.3) is 0 Å². The first-order valence-corrected chi connectivity index (χ1v) is 8.04. The van der Waals surface area contributed by atoms with Crippen LogP contribution < -0.4 is 4.74 Å². The van der Waals surface area contributed by atoms with E-state index in [0.29, 0.717) is 5.41 Å². The summed E-state index contributed by atoms with van der Waals surface area (Å²) in [6, 6.07) is 5.95. The third-order valence-corrected chi connectivity index (χ3v) is 5.98. The van der Waals surface area contributed by atoms with Crippen LogP contribution in [-0.2, 0) is 6.42 Å². The minimum Gasteiger partial charge on any atom is -0.496 e. The van der Waals surface area contributed by atoms with Gasteiger partial charge in [0.1, 0.15) is 5.75 Å². The molecule has 0 spiro atoms. The molecule has 2 saturated carbocycles. The molecular weight excluding hydrogens is 312 g/mol. The van der Waals surface area contributed by atoms with E-state index >= 15 is 0 Å². The van der Waals surface area contributed by atoms with E-state index in [0.717, 1.165) is 34.4 Å². The fourth-order valence-electron chi connectivity index (χ4n) is 3.60. The predicted octanol–water partition coefficient (Wildman–Crippen LogP) is 4.70. The molecule has 0 radical (unpaired) electrons. The van der Waals surface area contributed by atoms with Crippen LogP contribution in [0.25, 0.3) is 0 Å². The molecule has 2 aliphatic rings. The third kappa shape index (κ3) is 2.30. The summed E-state index contributed by atoms with van der Waals surface area (Å²) in [5.74, 6) is 2.96. The minimum atomic E-state index is 0.422. The number of ether oxygens (including phenoxy) is 1. The maximum absolute atomic E-state index is 6.12. The van der Waals surface area contributed by atoms with Crippen LogP contribution in [0.4, 0.5) is 0 Å². The summed E-state index contributed by atoms with van der Waals surface area (Å²) < 4.78 is 5.46. The molecule has 0 aliphatic heterocycles. The summed E-state index contributed by atoms with van der Waals surface area (Å²) in [5, 5.41) is 1.89. The van der Waals surface area contributed by atoms with Gasteiger partial charge in [0.2, 0.25) is 0 Å². The monoisotopic (exact) mass is 328 g/mol. The first-order valence-electron chi connectivity index (χ1n) is 6.54. The van der Waals surface area contributed by atoms with Gasteiger partial charge in [0.15, 0.2) is 0 Å². The Hall–Kier alpha value is -0.210. The molecule has 0 aromatic heterocycles. The molecular formula is C15H18BrClO. The fraction of sp³-hybridized carbons (Fsp3) is 0.600. The Kier molecular flexibility index (Phi) is 3.36. The molecule has 1 aromatic carbocycles. The highest BCUT2D eigenvalue weighted by molar-refractivity contribution is 9.09. The van der Waals surface area contributed by atoms with Gasteiger partial charge in [-0.2, -0.15) is 0 Å². The smallest absolute Gasteiger partial charge is 0.122 e. The van der Waals surface area contributed by atoms with Crippen molar-refractivity contribution in [3.05, 3.63) is 28.8 Å². The van der Waals surface area contributed by atoms with Crippen LogP contribution in [-0.4, -0.2) is 12.4 Å². The lowest BCUT2D eigenvalue weighted by molar-refractivity contribution is 0.302. The first-order chi connectivity index (χ1) is 8.65. The van der Waals surface area contributed by atoms with Crippen LogP contribution >= 0.6 is 27.5 Å². The number of fused-ring (bicyclic) bond motifs is 1. The molecule has 0 heterocycles. The van der Waals surface area contributed by atoms with Gasteiger partial charge in [-0.3, -0.25) is 0 Å². The van der Waals surface area contributed by atoms with Crippen molar-refractivity contribution in [1.29, 1.82) is 0 Å². The number of alkyl halides is 1. The molecule has 2 unspecified atom stereocenters. The Labute approximate surface area is 122 Å². The molecule has 98 valence electrons. The zero-order valence-corrected chi connectivity index (χ0v) is 12.9. The molecule has 1 aromatic rings. The number of halogens is 2. The largest absolute Gasteiger partial charge is 0.496 e. The van der Waals surface area contributed by atoms with Gasteiger partial charge < -0.3 is 4.74 Å². The highest BCUT2D eigenvalue weighted by Gasteiger charge is 2.53. The van der Waals surface area contributed by atoms with Gasteiger partial charge in [-0.15, -0.1) is 0 Å². The highest BCUT2D eigenvalue weighted by atomic mass is 79.9. The van der Waals surface area contributed by atoms with E-state index in [-0.39, 0.29) is 0 Å². The second-order valence-corrected chi connectivity index (χ2v) is 6.93. The SMILES string of the molecule is COc1ccc(Cl)cc1CC1(CBr)CC2CC2C1. The number of rotatable bonds is 4. The van der Waals surface area contributed by atoms with Crippen molar-refractivity contribution in [2.45, 2.75) is 25.7 Å². The average molecular weight is 330 g/mol.